The van der Waals surface area contributed by atoms with Crippen LogP contribution >= 0.6 is 0 Å². The lowest BCUT2D eigenvalue weighted by molar-refractivity contribution is -0.135. The van der Waals surface area contributed by atoms with Gasteiger partial charge in [0.05, 0.1) is 22.6 Å². The van der Waals surface area contributed by atoms with Crippen LogP contribution in [0.4, 0.5) is 0 Å². The standard InChI is InChI=1S/C29H31N3O3/c1-4-5-18-31(27(33)20-35-24-14-7-6-8-15-24)22(3)28-30-26-17-10-9-16-25(26)29(34)32(28)23-13-11-12-21(2)19-23/h6-17,19,22H,4-5,18,20H2,1-3H3. The molecule has 180 valence electrons. The molecular formula is C29H31N3O3. The average Bonchev–Trinajstić information content (AvgIpc) is 2.88. The average molecular weight is 470 g/mol. The number of nitrogens with zero attached hydrogens (tertiary/aromatic N) is 3. The molecule has 6 nitrogen and oxygen atoms in total. The van der Waals surface area contributed by atoms with Crippen LogP contribution in [0.1, 0.15) is 44.1 Å². The highest BCUT2D eigenvalue weighted by molar-refractivity contribution is 5.79. The Morgan fingerprint density at radius 3 is 2.51 bits per heavy atom. The number of fused-ring (bicyclic) bond motifs is 1. The fraction of sp³-hybridized carbons (Fsp3) is 0.276. The van der Waals surface area contributed by atoms with Crippen LogP contribution in [0, 0.1) is 6.92 Å². The molecule has 3 aromatic carbocycles. The maximum Gasteiger partial charge on any atom is 0.266 e. The van der Waals surface area contributed by atoms with Crippen LogP contribution in [0.3, 0.4) is 0 Å². The van der Waals surface area contributed by atoms with Gasteiger partial charge in [-0.15, -0.1) is 0 Å². The Morgan fingerprint density at radius 2 is 1.77 bits per heavy atom. The van der Waals surface area contributed by atoms with Gasteiger partial charge in [0.25, 0.3) is 11.5 Å². The van der Waals surface area contributed by atoms with Crippen molar-refractivity contribution in [3.05, 3.63) is 101 Å². The van der Waals surface area contributed by atoms with E-state index in [-0.39, 0.29) is 18.1 Å². The monoisotopic (exact) mass is 469 g/mol. The van der Waals surface area contributed by atoms with Crippen molar-refractivity contribution in [1.82, 2.24) is 14.5 Å². The Balaban J connectivity index is 1.77. The summed E-state index contributed by atoms with van der Waals surface area (Å²) in [6.45, 7) is 6.47. The topological polar surface area (TPSA) is 64.4 Å². The van der Waals surface area contributed by atoms with Crippen molar-refractivity contribution in [1.29, 1.82) is 0 Å². The summed E-state index contributed by atoms with van der Waals surface area (Å²) in [5, 5.41) is 0.545. The number of hydrogen-bond acceptors (Lipinski definition) is 4. The lowest BCUT2D eigenvalue weighted by atomic mass is 10.1. The number of ether oxygens (including phenoxy) is 1. The van der Waals surface area contributed by atoms with Crippen molar-refractivity contribution in [3.8, 4) is 11.4 Å². The minimum absolute atomic E-state index is 0.0830. The second-order valence-electron chi connectivity index (χ2n) is 8.69. The van der Waals surface area contributed by atoms with Crippen molar-refractivity contribution >= 4 is 16.8 Å². The number of amides is 1. The first-order valence-electron chi connectivity index (χ1n) is 12.1. The van der Waals surface area contributed by atoms with Gasteiger partial charge in [-0.3, -0.25) is 14.2 Å². The Labute approximate surface area is 205 Å². The molecule has 0 radical (unpaired) electrons. The molecule has 6 heteroatoms. The fourth-order valence-electron chi connectivity index (χ4n) is 4.19. The van der Waals surface area contributed by atoms with E-state index in [1.165, 1.54) is 0 Å². The first kappa shape index (κ1) is 24.2. The van der Waals surface area contributed by atoms with Crippen LogP contribution in [0.2, 0.25) is 0 Å². The Morgan fingerprint density at radius 1 is 1.03 bits per heavy atom. The van der Waals surface area contributed by atoms with Gasteiger partial charge < -0.3 is 9.64 Å². The molecule has 1 amide bonds. The molecule has 0 saturated heterocycles. The molecule has 1 aromatic heterocycles. The molecule has 4 rings (SSSR count). The summed E-state index contributed by atoms with van der Waals surface area (Å²) in [6.07, 6.45) is 1.77. The van der Waals surface area contributed by atoms with E-state index < -0.39 is 6.04 Å². The van der Waals surface area contributed by atoms with Gasteiger partial charge in [-0.25, -0.2) is 4.98 Å². The lowest BCUT2D eigenvalue weighted by Crippen LogP contribution is -2.40. The van der Waals surface area contributed by atoms with E-state index in [0.717, 1.165) is 24.1 Å². The predicted octanol–water partition coefficient (Wildman–Crippen LogP) is 5.46. The number of benzene rings is 3. The van der Waals surface area contributed by atoms with Crippen molar-refractivity contribution in [2.75, 3.05) is 13.2 Å². The van der Waals surface area contributed by atoms with E-state index in [4.69, 9.17) is 9.72 Å². The first-order chi connectivity index (χ1) is 17.0. The summed E-state index contributed by atoms with van der Waals surface area (Å²) < 4.78 is 7.40. The summed E-state index contributed by atoms with van der Waals surface area (Å²) in [5.74, 6) is 1.03. The minimum atomic E-state index is -0.439. The largest absolute Gasteiger partial charge is 0.484 e. The normalized spacial score (nSPS) is 11.9. The number of unbranched alkanes of at least 4 members (excludes halogenated alkanes) is 1. The quantitative estimate of drug-likeness (QED) is 0.326. The maximum absolute atomic E-state index is 13.7. The molecule has 0 spiro atoms. The summed E-state index contributed by atoms with van der Waals surface area (Å²) in [7, 11) is 0. The molecule has 0 fully saturated rings. The molecule has 0 saturated carbocycles. The van der Waals surface area contributed by atoms with Crippen molar-refractivity contribution < 1.29 is 9.53 Å². The molecule has 1 unspecified atom stereocenters. The predicted molar refractivity (Wildman–Crippen MR) is 139 cm³/mol. The van der Waals surface area contributed by atoms with E-state index in [2.05, 4.69) is 6.92 Å². The minimum Gasteiger partial charge on any atom is -0.484 e. The molecule has 1 atom stereocenters. The highest BCUT2D eigenvalue weighted by Crippen LogP contribution is 2.24. The Kier molecular flexibility index (Phi) is 7.60. The highest BCUT2D eigenvalue weighted by atomic mass is 16.5. The van der Waals surface area contributed by atoms with E-state index in [1.807, 2.05) is 86.6 Å². The summed E-state index contributed by atoms with van der Waals surface area (Å²) in [4.78, 5) is 33.7. The van der Waals surface area contributed by atoms with Crippen molar-refractivity contribution in [2.45, 2.75) is 39.7 Å². The summed E-state index contributed by atoms with van der Waals surface area (Å²) >= 11 is 0. The van der Waals surface area contributed by atoms with Gasteiger partial charge in [-0.05, 0) is 62.2 Å². The first-order valence-corrected chi connectivity index (χ1v) is 12.1. The molecule has 0 bridgehead atoms. The zero-order valence-electron chi connectivity index (χ0n) is 20.5. The molecule has 0 aliphatic heterocycles. The maximum atomic E-state index is 13.7. The number of carbonyl (C=O) groups excluding carboxylic acids is 1. The SMILES string of the molecule is CCCCN(C(=O)COc1ccccc1)C(C)c1nc2ccccc2c(=O)n1-c1cccc(C)c1. The van der Waals surface area contributed by atoms with Gasteiger partial charge in [0.1, 0.15) is 11.6 Å². The highest BCUT2D eigenvalue weighted by Gasteiger charge is 2.27. The number of aromatic nitrogens is 2. The van der Waals surface area contributed by atoms with Gasteiger partial charge in [-0.2, -0.15) is 0 Å². The van der Waals surface area contributed by atoms with Gasteiger partial charge in [0.15, 0.2) is 6.61 Å². The summed E-state index contributed by atoms with van der Waals surface area (Å²) in [6, 6.07) is 24.0. The van der Waals surface area contributed by atoms with Gasteiger partial charge in [0.2, 0.25) is 0 Å². The number of para-hydroxylation sites is 2. The fourth-order valence-corrected chi connectivity index (χ4v) is 4.19. The zero-order valence-corrected chi connectivity index (χ0v) is 20.5. The van der Waals surface area contributed by atoms with Crippen LogP contribution < -0.4 is 10.3 Å². The number of hydrogen-bond donors (Lipinski definition) is 0. The third-order valence-electron chi connectivity index (χ3n) is 6.08. The van der Waals surface area contributed by atoms with Crippen molar-refractivity contribution in [3.63, 3.8) is 0 Å². The van der Waals surface area contributed by atoms with Crippen LogP contribution in [0.5, 0.6) is 5.75 Å². The molecule has 4 aromatic rings. The molecular weight excluding hydrogens is 438 g/mol. The Bertz CT molecular complexity index is 1360. The molecule has 0 N–H and O–H groups in total. The van der Waals surface area contributed by atoms with Gasteiger partial charge >= 0.3 is 0 Å². The second-order valence-corrected chi connectivity index (χ2v) is 8.69. The zero-order chi connectivity index (χ0) is 24.8. The van der Waals surface area contributed by atoms with E-state index in [1.54, 1.807) is 15.5 Å². The Hall–Kier alpha value is -3.93. The molecule has 0 aliphatic rings. The number of carbonyl (C=O) groups is 1. The van der Waals surface area contributed by atoms with Crippen LogP contribution in [0.15, 0.2) is 83.7 Å². The van der Waals surface area contributed by atoms with Crippen LogP contribution in [-0.2, 0) is 4.79 Å². The van der Waals surface area contributed by atoms with E-state index in [9.17, 15) is 9.59 Å². The van der Waals surface area contributed by atoms with Gasteiger partial charge in [0, 0.05) is 6.54 Å². The number of rotatable bonds is 9. The molecule has 1 heterocycles. The summed E-state index contributed by atoms with van der Waals surface area (Å²) in [5.41, 5.74) is 2.24. The molecule has 0 aliphatic carbocycles. The van der Waals surface area contributed by atoms with Crippen molar-refractivity contribution in [2.24, 2.45) is 0 Å². The third kappa shape index (κ3) is 5.43. The van der Waals surface area contributed by atoms with Crippen LogP contribution in [-0.4, -0.2) is 33.5 Å². The lowest BCUT2D eigenvalue weighted by Gasteiger charge is -2.30. The molecule has 35 heavy (non-hydrogen) atoms. The van der Waals surface area contributed by atoms with Crippen LogP contribution in [0.25, 0.3) is 16.6 Å². The smallest absolute Gasteiger partial charge is 0.266 e. The van der Waals surface area contributed by atoms with E-state index >= 15 is 0 Å². The number of aryl methyl sites for hydroxylation is 1. The second kappa shape index (κ2) is 11.0. The third-order valence-corrected chi connectivity index (χ3v) is 6.08. The van der Waals surface area contributed by atoms with E-state index in [0.29, 0.717) is 29.0 Å². The van der Waals surface area contributed by atoms with Gasteiger partial charge in [-0.1, -0.05) is 55.8 Å².